The fraction of sp³-hybridized carbons (Fsp3) is 0.364. The molecule has 1 aliphatic rings. The summed E-state index contributed by atoms with van der Waals surface area (Å²) in [5.74, 6) is 0.153. The molecule has 1 heterocycles. The normalized spacial score (nSPS) is 15.9. The van der Waals surface area contributed by atoms with Gasteiger partial charge in [-0.05, 0) is 37.1 Å². The van der Waals surface area contributed by atoms with Crippen molar-refractivity contribution in [2.75, 3.05) is 11.9 Å². The Bertz CT molecular complexity index is 374. The Morgan fingerprint density at radius 2 is 2.36 bits per heavy atom. The lowest BCUT2D eigenvalue weighted by atomic mass is 10.0. The maximum absolute atomic E-state index is 11.7. The van der Waals surface area contributed by atoms with Crippen LogP contribution < -0.4 is 5.32 Å². The minimum Gasteiger partial charge on any atom is -0.384 e. The van der Waals surface area contributed by atoms with Gasteiger partial charge in [0.2, 0.25) is 0 Å². The summed E-state index contributed by atoms with van der Waals surface area (Å²) in [4.78, 5) is 11.6. The van der Waals surface area contributed by atoms with Gasteiger partial charge in [-0.15, -0.1) is 0 Å². The van der Waals surface area contributed by atoms with Gasteiger partial charge in [-0.2, -0.15) is 0 Å². The number of hydrogen-bond donors (Lipinski definition) is 1. The summed E-state index contributed by atoms with van der Waals surface area (Å²) in [6.07, 6.45) is 1.02. The fourth-order valence-corrected chi connectivity index (χ4v) is 1.95. The van der Waals surface area contributed by atoms with E-state index in [9.17, 15) is 4.79 Å². The number of nitrogens with one attached hydrogen (secondary N) is 1. The molecule has 0 spiro atoms. The molecular weight excluding hydrogens is 242 g/mol. The van der Waals surface area contributed by atoms with Crippen molar-refractivity contribution in [1.82, 2.24) is 0 Å². The third-order valence-electron chi connectivity index (χ3n) is 2.46. The quantitative estimate of drug-likeness (QED) is 0.649. The highest BCUT2D eigenvalue weighted by Crippen LogP contribution is 2.24. The number of rotatable bonds is 2. The van der Waals surface area contributed by atoms with Gasteiger partial charge in [0.25, 0.3) is 0 Å². The minimum absolute atomic E-state index is 0.102. The second-order valence-electron chi connectivity index (χ2n) is 3.53. The Morgan fingerprint density at radius 1 is 1.57 bits per heavy atom. The molecule has 1 N–H and O–H groups in total. The first-order valence-electron chi connectivity index (χ1n) is 4.73. The number of fused-ring (bicyclic) bond motifs is 1. The lowest BCUT2D eigenvalue weighted by Gasteiger charge is -2.05. The number of Topliss-reactive ketones (excluding diaryl/α,β-unsaturated/α-hetero) is 1. The monoisotopic (exact) mass is 253 g/mol. The molecule has 3 heteroatoms. The van der Waals surface area contributed by atoms with Crippen LogP contribution in [0.2, 0.25) is 0 Å². The highest BCUT2D eigenvalue weighted by atomic mass is 79.9. The predicted octanol–water partition coefficient (Wildman–Crippen LogP) is 2.62. The summed E-state index contributed by atoms with van der Waals surface area (Å²) < 4.78 is 0. The van der Waals surface area contributed by atoms with Gasteiger partial charge in [-0.3, -0.25) is 4.79 Å². The van der Waals surface area contributed by atoms with Crippen molar-refractivity contribution >= 4 is 27.4 Å². The van der Waals surface area contributed by atoms with E-state index in [1.54, 1.807) is 0 Å². The molecule has 0 aromatic heterocycles. The molecule has 0 aliphatic carbocycles. The summed E-state index contributed by atoms with van der Waals surface area (Å²) in [7, 11) is 0. The van der Waals surface area contributed by atoms with E-state index in [4.69, 9.17) is 0 Å². The summed E-state index contributed by atoms with van der Waals surface area (Å²) in [5.41, 5.74) is 3.23. The molecule has 0 bridgehead atoms. The molecule has 74 valence electrons. The Hall–Kier alpha value is -0.830. The van der Waals surface area contributed by atoms with Gasteiger partial charge in [0.1, 0.15) is 0 Å². The van der Waals surface area contributed by atoms with Crippen LogP contribution in [-0.4, -0.2) is 17.2 Å². The van der Waals surface area contributed by atoms with E-state index in [1.165, 1.54) is 11.3 Å². The third kappa shape index (κ3) is 1.69. The molecule has 1 aliphatic heterocycles. The first-order valence-corrected chi connectivity index (χ1v) is 5.65. The van der Waals surface area contributed by atoms with Gasteiger partial charge < -0.3 is 5.32 Å². The third-order valence-corrected chi connectivity index (χ3v) is 2.88. The van der Waals surface area contributed by atoms with E-state index in [2.05, 4.69) is 21.2 Å². The Morgan fingerprint density at radius 3 is 3.07 bits per heavy atom. The van der Waals surface area contributed by atoms with E-state index in [-0.39, 0.29) is 10.6 Å². The van der Waals surface area contributed by atoms with Crippen molar-refractivity contribution in [2.24, 2.45) is 0 Å². The SMILES string of the molecule is C[C@@H](Br)C(=O)c1ccc2c(c1)CCN2. The number of hydrogen-bond acceptors (Lipinski definition) is 2. The molecule has 0 unspecified atom stereocenters. The predicted molar refractivity (Wildman–Crippen MR) is 61.4 cm³/mol. The zero-order chi connectivity index (χ0) is 10.1. The van der Waals surface area contributed by atoms with Crippen molar-refractivity contribution < 1.29 is 4.79 Å². The van der Waals surface area contributed by atoms with Gasteiger partial charge >= 0.3 is 0 Å². The molecule has 0 saturated carbocycles. The van der Waals surface area contributed by atoms with Crippen LogP contribution in [0.25, 0.3) is 0 Å². The van der Waals surface area contributed by atoms with E-state index in [1.807, 2.05) is 25.1 Å². The van der Waals surface area contributed by atoms with Crippen molar-refractivity contribution in [1.29, 1.82) is 0 Å². The van der Waals surface area contributed by atoms with Gasteiger partial charge in [0.15, 0.2) is 5.78 Å². The second kappa shape index (κ2) is 3.73. The van der Waals surface area contributed by atoms with Crippen LogP contribution in [-0.2, 0) is 6.42 Å². The van der Waals surface area contributed by atoms with Crippen LogP contribution in [0.15, 0.2) is 18.2 Å². The average Bonchev–Trinajstić information content (AvgIpc) is 2.62. The van der Waals surface area contributed by atoms with Crippen LogP contribution in [0, 0.1) is 0 Å². The lowest BCUT2D eigenvalue weighted by molar-refractivity contribution is 0.0996. The summed E-state index contributed by atoms with van der Waals surface area (Å²) in [6.45, 7) is 2.84. The Balaban J connectivity index is 2.33. The maximum Gasteiger partial charge on any atom is 0.176 e. The standard InChI is InChI=1S/C11H12BrNO/c1-7(12)11(14)9-2-3-10-8(6-9)4-5-13-10/h2-3,6-7,13H,4-5H2,1H3/t7-/m1/s1. The van der Waals surface area contributed by atoms with Crippen LogP contribution in [0.1, 0.15) is 22.8 Å². The molecule has 0 radical (unpaired) electrons. The zero-order valence-electron chi connectivity index (χ0n) is 8.01. The van der Waals surface area contributed by atoms with Gasteiger partial charge in [-0.1, -0.05) is 15.9 Å². The van der Waals surface area contributed by atoms with Crippen molar-refractivity contribution in [3.63, 3.8) is 0 Å². The Kier molecular flexibility index (Phi) is 2.59. The molecule has 14 heavy (non-hydrogen) atoms. The number of anilines is 1. The lowest BCUT2D eigenvalue weighted by Crippen LogP contribution is -2.09. The second-order valence-corrected chi connectivity index (χ2v) is 4.90. The maximum atomic E-state index is 11.7. The highest BCUT2D eigenvalue weighted by Gasteiger charge is 2.15. The molecule has 0 amide bonds. The van der Waals surface area contributed by atoms with E-state index >= 15 is 0 Å². The largest absolute Gasteiger partial charge is 0.384 e. The van der Waals surface area contributed by atoms with Crippen molar-refractivity contribution in [2.45, 2.75) is 18.2 Å². The van der Waals surface area contributed by atoms with Gasteiger partial charge in [0.05, 0.1) is 4.83 Å². The van der Waals surface area contributed by atoms with Crippen molar-refractivity contribution in [3.8, 4) is 0 Å². The molecule has 0 saturated heterocycles. The molecule has 1 atom stereocenters. The van der Waals surface area contributed by atoms with Crippen LogP contribution in [0.5, 0.6) is 0 Å². The number of benzene rings is 1. The number of carbonyl (C=O) groups is 1. The first-order chi connectivity index (χ1) is 6.68. The number of alkyl halides is 1. The summed E-state index contributed by atoms with van der Waals surface area (Å²) >= 11 is 3.29. The smallest absolute Gasteiger partial charge is 0.176 e. The van der Waals surface area contributed by atoms with E-state index < -0.39 is 0 Å². The van der Waals surface area contributed by atoms with Gasteiger partial charge in [-0.25, -0.2) is 0 Å². The summed E-state index contributed by atoms with van der Waals surface area (Å²) in [6, 6.07) is 5.87. The Labute approximate surface area is 91.8 Å². The molecular formula is C11H12BrNO. The van der Waals surface area contributed by atoms with Crippen LogP contribution >= 0.6 is 15.9 Å². The number of ketones is 1. The molecule has 2 rings (SSSR count). The minimum atomic E-state index is -0.102. The highest BCUT2D eigenvalue weighted by molar-refractivity contribution is 9.10. The zero-order valence-corrected chi connectivity index (χ0v) is 9.60. The number of carbonyl (C=O) groups excluding carboxylic acids is 1. The fourth-order valence-electron chi connectivity index (χ4n) is 1.69. The van der Waals surface area contributed by atoms with Crippen LogP contribution in [0.4, 0.5) is 5.69 Å². The molecule has 2 nitrogen and oxygen atoms in total. The van der Waals surface area contributed by atoms with Crippen molar-refractivity contribution in [3.05, 3.63) is 29.3 Å². The van der Waals surface area contributed by atoms with Crippen LogP contribution in [0.3, 0.4) is 0 Å². The number of halogens is 1. The topological polar surface area (TPSA) is 29.1 Å². The first kappa shape index (κ1) is 9.71. The van der Waals surface area contributed by atoms with E-state index in [0.29, 0.717) is 0 Å². The molecule has 0 fully saturated rings. The van der Waals surface area contributed by atoms with Gasteiger partial charge in [0, 0.05) is 17.8 Å². The average molecular weight is 254 g/mol. The summed E-state index contributed by atoms with van der Waals surface area (Å²) in [5, 5.41) is 3.27. The molecule has 1 aromatic carbocycles. The molecule has 1 aromatic rings. The van der Waals surface area contributed by atoms with E-state index in [0.717, 1.165) is 18.5 Å².